The summed E-state index contributed by atoms with van der Waals surface area (Å²) >= 11 is 0. The summed E-state index contributed by atoms with van der Waals surface area (Å²) in [6.45, 7) is 2.95. The van der Waals surface area contributed by atoms with E-state index in [1.54, 1.807) is 0 Å². The molecule has 2 unspecified atom stereocenters. The van der Waals surface area contributed by atoms with Crippen molar-refractivity contribution < 1.29 is 18.7 Å². The Bertz CT molecular complexity index is 522. The Balaban J connectivity index is 2.18. The van der Waals surface area contributed by atoms with Crippen molar-refractivity contribution in [3.63, 3.8) is 0 Å². The molecule has 0 aromatic heterocycles. The Labute approximate surface area is 123 Å². The van der Waals surface area contributed by atoms with E-state index in [4.69, 9.17) is 9.47 Å². The van der Waals surface area contributed by atoms with Crippen molar-refractivity contribution in [3.05, 3.63) is 23.5 Å². The first kappa shape index (κ1) is 15.6. The topological polar surface area (TPSA) is 59.6 Å². The average Bonchev–Trinajstić information content (AvgIpc) is 2.49. The van der Waals surface area contributed by atoms with Crippen molar-refractivity contribution in [1.29, 1.82) is 0 Å². The molecule has 0 spiro atoms. The van der Waals surface area contributed by atoms with E-state index in [1.807, 2.05) is 6.92 Å². The molecule has 1 aromatic carbocycles. The third-order valence-corrected chi connectivity index (χ3v) is 3.80. The van der Waals surface area contributed by atoms with Gasteiger partial charge in [0.1, 0.15) is 5.82 Å². The molecule has 1 aliphatic heterocycles. The van der Waals surface area contributed by atoms with Gasteiger partial charge in [0.2, 0.25) is 0 Å². The van der Waals surface area contributed by atoms with Crippen LogP contribution in [0.2, 0.25) is 0 Å². The van der Waals surface area contributed by atoms with Gasteiger partial charge in [-0.2, -0.15) is 0 Å². The standard InChI is InChI=1S/C15H21FN2O3/c1-9-12(5-4-6-17-9)18-15(19)10-7-13(20-2)14(21-3)8-11(10)16/h7-9,12,17H,4-6H2,1-3H3,(H,18,19). The number of piperidine rings is 1. The molecule has 0 radical (unpaired) electrons. The smallest absolute Gasteiger partial charge is 0.254 e. The summed E-state index contributed by atoms with van der Waals surface area (Å²) < 4.78 is 24.2. The van der Waals surface area contributed by atoms with Gasteiger partial charge in [0, 0.05) is 18.2 Å². The largest absolute Gasteiger partial charge is 0.493 e. The number of amides is 1. The van der Waals surface area contributed by atoms with E-state index in [-0.39, 0.29) is 23.4 Å². The zero-order chi connectivity index (χ0) is 15.4. The second-order valence-corrected chi connectivity index (χ2v) is 5.15. The molecule has 0 aliphatic carbocycles. The minimum absolute atomic E-state index is 0.00116. The molecule has 1 amide bonds. The number of benzene rings is 1. The zero-order valence-electron chi connectivity index (χ0n) is 12.5. The first-order chi connectivity index (χ1) is 10.1. The maximum Gasteiger partial charge on any atom is 0.254 e. The highest BCUT2D eigenvalue weighted by Crippen LogP contribution is 2.29. The number of carbonyl (C=O) groups is 1. The van der Waals surface area contributed by atoms with Crippen LogP contribution in [0.4, 0.5) is 4.39 Å². The minimum Gasteiger partial charge on any atom is -0.493 e. The zero-order valence-corrected chi connectivity index (χ0v) is 12.5. The monoisotopic (exact) mass is 296 g/mol. The summed E-state index contributed by atoms with van der Waals surface area (Å²) in [6.07, 6.45) is 1.87. The first-order valence-corrected chi connectivity index (χ1v) is 7.02. The van der Waals surface area contributed by atoms with E-state index in [0.717, 1.165) is 25.5 Å². The van der Waals surface area contributed by atoms with Crippen LogP contribution in [0.25, 0.3) is 0 Å². The Morgan fingerprint density at radius 2 is 2.00 bits per heavy atom. The fourth-order valence-corrected chi connectivity index (χ4v) is 2.52. The Kier molecular flexibility index (Phi) is 5.01. The summed E-state index contributed by atoms with van der Waals surface area (Å²) in [7, 11) is 2.87. The van der Waals surface area contributed by atoms with Gasteiger partial charge in [-0.15, -0.1) is 0 Å². The molecule has 1 saturated heterocycles. The second-order valence-electron chi connectivity index (χ2n) is 5.15. The number of hydrogen-bond donors (Lipinski definition) is 2. The number of methoxy groups -OCH3 is 2. The predicted octanol–water partition coefficient (Wildman–Crippen LogP) is 1.71. The third-order valence-electron chi connectivity index (χ3n) is 3.80. The lowest BCUT2D eigenvalue weighted by atomic mass is 9.99. The maximum absolute atomic E-state index is 14.0. The highest BCUT2D eigenvalue weighted by molar-refractivity contribution is 5.95. The normalized spacial score (nSPS) is 21.7. The van der Waals surface area contributed by atoms with Crippen molar-refractivity contribution in [1.82, 2.24) is 10.6 Å². The Morgan fingerprint density at radius 1 is 1.33 bits per heavy atom. The number of carbonyl (C=O) groups excluding carboxylic acids is 1. The van der Waals surface area contributed by atoms with Crippen molar-refractivity contribution >= 4 is 5.91 Å². The van der Waals surface area contributed by atoms with Crippen LogP contribution in [0, 0.1) is 5.82 Å². The Morgan fingerprint density at radius 3 is 2.62 bits per heavy atom. The number of halogens is 1. The molecule has 1 heterocycles. The van der Waals surface area contributed by atoms with Gasteiger partial charge >= 0.3 is 0 Å². The SMILES string of the molecule is COc1cc(F)c(C(=O)NC2CCCNC2C)cc1OC. The van der Waals surface area contributed by atoms with Crippen LogP contribution in [0.15, 0.2) is 12.1 Å². The molecule has 1 aliphatic rings. The molecule has 6 heteroatoms. The molecule has 0 saturated carbocycles. The van der Waals surface area contributed by atoms with Gasteiger partial charge in [0.05, 0.1) is 19.8 Å². The molecule has 0 bridgehead atoms. The molecule has 21 heavy (non-hydrogen) atoms. The summed E-state index contributed by atoms with van der Waals surface area (Å²) in [6, 6.07) is 2.70. The van der Waals surface area contributed by atoms with E-state index in [0.29, 0.717) is 5.75 Å². The molecule has 1 aromatic rings. The number of nitrogens with one attached hydrogen (secondary N) is 2. The van der Waals surface area contributed by atoms with Gasteiger partial charge in [-0.3, -0.25) is 4.79 Å². The number of rotatable bonds is 4. The molecule has 1 fully saturated rings. The summed E-state index contributed by atoms with van der Waals surface area (Å²) in [4.78, 5) is 12.3. The lowest BCUT2D eigenvalue weighted by Gasteiger charge is -2.30. The lowest BCUT2D eigenvalue weighted by Crippen LogP contribution is -2.52. The van der Waals surface area contributed by atoms with E-state index < -0.39 is 11.7 Å². The third kappa shape index (κ3) is 3.44. The van der Waals surface area contributed by atoms with Gasteiger partial charge in [0.15, 0.2) is 11.5 Å². The van der Waals surface area contributed by atoms with Crippen LogP contribution in [-0.2, 0) is 0 Å². The molecule has 116 valence electrons. The second kappa shape index (κ2) is 6.76. The van der Waals surface area contributed by atoms with Crippen molar-refractivity contribution in [2.24, 2.45) is 0 Å². The quantitative estimate of drug-likeness (QED) is 0.888. The molecule has 5 nitrogen and oxygen atoms in total. The fraction of sp³-hybridized carbons (Fsp3) is 0.533. The van der Waals surface area contributed by atoms with Crippen LogP contribution < -0.4 is 20.1 Å². The van der Waals surface area contributed by atoms with Gasteiger partial charge in [-0.05, 0) is 32.4 Å². The Hall–Kier alpha value is -1.82. The fourth-order valence-electron chi connectivity index (χ4n) is 2.52. The maximum atomic E-state index is 14.0. The van der Waals surface area contributed by atoms with Gasteiger partial charge in [-0.25, -0.2) is 4.39 Å². The van der Waals surface area contributed by atoms with Crippen LogP contribution in [0.3, 0.4) is 0 Å². The van der Waals surface area contributed by atoms with Crippen molar-refractivity contribution in [2.75, 3.05) is 20.8 Å². The van der Waals surface area contributed by atoms with Crippen LogP contribution in [0.5, 0.6) is 11.5 Å². The highest BCUT2D eigenvalue weighted by Gasteiger charge is 2.25. The van der Waals surface area contributed by atoms with E-state index in [2.05, 4.69) is 10.6 Å². The molecule has 2 rings (SSSR count). The molecule has 2 atom stereocenters. The van der Waals surface area contributed by atoms with Gasteiger partial charge in [-0.1, -0.05) is 0 Å². The van der Waals surface area contributed by atoms with Crippen molar-refractivity contribution in [2.45, 2.75) is 31.8 Å². The van der Waals surface area contributed by atoms with Crippen LogP contribution in [-0.4, -0.2) is 38.8 Å². The number of hydrogen-bond acceptors (Lipinski definition) is 4. The lowest BCUT2D eigenvalue weighted by molar-refractivity contribution is 0.0915. The van der Waals surface area contributed by atoms with Gasteiger partial charge in [0.25, 0.3) is 5.91 Å². The number of ether oxygens (including phenoxy) is 2. The van der Waals surface area contributed by atoms with Crippen LogP contribution in [0.1, 0.15) is 30.1 Å². The van der Waals surface area contributed by atoms with Crippen LogP contribution >= 0.6 is 0 Å². The van der Waals surface area contributed by atoms with Gasteiger partial charge < -0.3 is 20.1 Å². The van der Waals surface area contributed by atoms with Crippen molar-refractivity contribution in [3.8, 4) is 11.5 Å². The highest BCUT2D eigenvalue weighted by atomic mass is 19.1. The van der Waals surface area contributed by atoms with E-state index in [1.165, 1.54) is 20.3 Å². The summed E-state index contributed by atoms with van der Waals surface area (Å²) in [5.41, 5.74) is -0.0366. The summed E-state index contributed by atoms with van der Waals surface area (Å²) in [5.74, 6) is -0.464. The molecular formula is C15H21FN2O3. The van der Waals surface area contributed by atoms with E-state index in [9.17, 15) is 9.18 Å². The molecule has 2 N–H and O–H groups in total. The minimum atomic E-state index is -0.624. The average molecular weight is 296 g/mol. The first-order valence-electron chi connectivity index (χ1n) is 7.02. The van der Waals surface area contributed by atoms with E-state index >= 15 is 0 Å². The summed E-state index contributed by atoms with van der Waals surface area (Å²) in [5, 5.41) is 6.17. The predicted molar refractivity (Wildman–Crippen MR) is 77.5 cm³/mol. The molecular weight excluding hydrogens is 275 g/mol.